The van der Waals surface area contributed by atoms with E-state index in [-0.39, 0.29) is 51.7 Å². The molecule has 1 N–H and O–H groups in total. The van der Waals surface area contributed by atoms with Crippen LogP contribution in [0.5, 0.6) is 0 Å². The molecule has 0 unspecified atom stereocenters. The van der Waals surface area contributed by atoms with Crippen molar-refractivity contribution in [3.8, 4) is 44.5 Å². The number of hydrogen-bond acceptors (Lipinski definition) is 3. The number of benzene rings is 13. The van der Waals surface area contributed by atoms with Crippen molar-refractivity contribution in [1.29, 1.82) is 0 Å². The number of anilines is 1. The van der Waals surface area contributed by atoms with Crippen LogP contribution in [0.1, 0.15) is 117 Å². The first kappa shape index (κ1) is 90.7. The molecule has 0 spiro atoms. The smallest absolute Gasteiger partial charge is 0.656 e. The van der Waals surface area contributed by atoms with Crippen molar-refractivity contribution in [3.63, 3.8) is 0 Å². The molecule has 0 bridgehead atoms. The predicted molar refractivity (Wildman–Crippen MR) is 476 cm³/mol. The molecule has 0 heterocycles. The van der Waals surface area contributed by atoms with Gasteiger partial charge in [0.25, 0.3) is 0 Å². The van der Waals surface area contributed by atoms with Crippen molar-refractivity contribution in [3.05, 3.63) is 486 Å². The van der Waals surface area contributed by atoms with Gasteiger partial charge in [-0.3, -0.25) is 9.98 Å². The summed E-state index contributed by atoms with van der Waals surface area (Å²) in [6, 6.07) is 125. The van der Waals surface area contributed by atoms with E-state index in [0.717, 1.165) is 131 Å². The molecule has 0 aromatic heterocycles. The van der Waals surface area contributed by atoms with Crippen LogP contribution in [0.4, 0.5) is 11.4 Å². The molecule has 0 fully saturated rings. The van der Waals surface area contributed by atoms with E-state index in [4.69, 9.17) is 15.3 Å². The molecule has 2 aliphatic rings. The minimum absolute atomic E-state index is 0. The van der Waals surface area contributed by atoms with Crippen molar-refractivity contribution >= 4 is 22.8 Å². The molecule has 111 heavy (non-hydrogen) atoms. The number of hydrogen-bond donors (Lipinski definition) is 1. The zero-order chi connectivity index (χ0) is 77.0. The van der Waals surface area contributed by atoms with Crippen LogP contribution in [0.25, 0.3) is 49.8 Å². The first-order valence-electron chi connectivity index (χ1n) is 38.0. The van der Waals surface area contributed by atoms with Crippen LogP contribution >= 0.6 is 0 Å². The van der Waals surface area contributed by atoms with Gasteiger partial charge in [-0.2, -0.15) is 172 Å². The Morgan fingerprint density at radius 3 is 0.811 bits per heavy atom. The first-order chi connectivity index (χ1) is 53.5. The molecule has 0 amide bonds. The summed E-state index contributed by atoms with van der Waals surface area (Å²) in [7, 11) is 0. The van der Waals surface area contributed by atoms with Crippen LogP contribution in [-0.2, 0) is 51.7 Å². The average Bonchev–Trinajstić information content (AvgIpc) is 0.797. The second kappa shape index (κ2) is 55.5. The third kappa shape index (κ3) is 36.0. The summed E-state index contributed by atoms with van der Waals surface area (Å²) in [5.41, 5.74) is 23.9. The maximum Gasteiger partial charge on any atom is 4.00 e. The van der Waals surface area contributed by atoms with Crippen LogP contribution in [0.2, 0.25) is 0 Å². The van der Waals surface area contributed by atoms with E-state index in [9.17, 15) is 0 Å². The van der Waals surface area contributed by atoms with Crippen molar-refractivity contribution in [2.24, 2.45) is 9.98 Å². The first-order valence-corrected chi connectivity index (χ1v) is 38.0. The Morgan fingerprint density at radius 1 is 0.297 bits per heavy atom. The van der Waals surface area contributed by atoms with Crippen molar-refractivity contribution in [1.82, 2.24) is 0 Å². The summed E-state index contributed by atoms with van der Waals surface area (Å²) in [5.74, 6) is 0. The summed E-state index contributed by atoms with van der Waals surface area (Å²) < 4.78 is 0. The molecule has 13 aromatic carbocycles. The van der Waals surface area contributed by atoms with Gasteiger partial charge in [0.2, 0.25) is 0 Å². The summed E-state index contributed by atoms with van der Waals surface area (Å²) in [6.45, 7) is 32.3. The zero-order valence-electron chi connectivity index (χ0n) is 65.1. The Morgan fingerprint density at radius 2 is 0.541 bits per heavy atom. The molecule has 6 heteroatoms. The number of unbranched alkanes of at least 4 members (excludes halogenated alkanes) is 2. The zero-order valence-corrected chi connectivity index (χ0v) is 72.3. The molecule has 15 rings (SSSR count). The molecule has 4 nitrogen and oxygen atoms in total. The summed E-state index contributed by atoms with van der Waals surface area (Å²) >= 11 is 0. The molecule has 0 saturated heterocycles. The van der Waals surface area contributed by atoms with Crippen molar-refractivity contribution in [2.45, 2.75) is 78.1 Å². The van der Waals surface area contributed by atoms with Crippen molar-refractivity contribution in [2.75, 3.05) is 18.4 Å². The fourth-order valence-electron chi connectivity index (χ4n) is 11.2. The minimum atomic E-state index is 0. The van der Waals surface area contributed by atoms with Crippen LogP contribution in [-0.4, -0.2) is 24.5 Å². The minimum Gasteiger partial charge on any atom is -0.656 e. The van der Waals surface area contributed by atoms with Gasteiger partial charge in [0.15, 0.2) is 0 Å². The van der Waals surface area contributed by atoms with E-state index < -0.39 is 0 Å². The Balaban J connectivity index is 0.000000246. The number of rotatable bonds is 14. The van der Waals surface area contributed by atoms with Gasteiger partial charge in [0.05, 0.1) is 17.1 Å². The summed E-state index contributed by atoms with van der Waals surface area (Å²) in [6.07, 6.45) is 15.8. The molecule has 0 saturated carbocycles. The molecule has 0 atom stereocenters. The fraction of sp³-hybridized carbons (Fsp3) is 0.133. The Bertz CT molecular complexity index is 3980. The SMILES string of the molecule is CCCCN=C1CCCC=C1Nc1c(-c2ccccc2)cccc1-c1ccccc1.CCCCN=C1CCCC=C1[N-]c1c(-c2ccccc2)cccc1-c1ccccc1.[CH2-]c1ccccc1.[CH2-]c1ccccc1.[CH2-]c1ccccc1.[CH2-]c1ccccc1.[CH2-]c1ccccc1.[CH2-]c1ccccc1.[CH2-]c1ccccc1.[Hf+4].[Hf]. The predicted octanol–water partition coefficient (Wildman–Crippen LogP) is 29.2. The Hall–Kier alpha value is -10.9. The number of aliphatic imine (C=N–C) groups is 2. The van der Waals surface area contributed by atoms with Crippen LogP contribution in [0.3, 0.4) is 0 Å². The van der Waals surface area contributed by atoms with Gasteiger partial charge in [-0.1, -0.05) is 239 Å². The monoisotopic (exact) mass is 1780 g/mol. The molecule has 560 valence electrons. The average molecular weight is 1780 g/mol. The summed E-state index contributed by atoms with van der Waals surface area (Å²) in [5, 5.41) is 9.08. The van der Waals surface area contributed by atoms with Crippen LogP contribution < -0.4 is 5.32 Å². The second-order valence-electron chi connectivity index (χ2n) is 25.9. The molecule has 2 aliphatic carbocycles. The number of nitrogens with one attached hydrogen (secondary N) is 1. The number of nitrogens with zero attached hydrogens (tertiary/aromatic N) is 3. The van der Waals surface area contributed by atoms with E-state index >= 15 is 0 Å². The van der Waals surface area contributed by atoms with E-state index in [1.54, 1.807) is 0 Å². The van der Waals surface area contributed by atoms with Crippen LogP contribution in [0.15, 0.2) is 404 Å². The maximum atomic E-state index is 5.26. The molecule has 0 aliphatic heterocycles. The molecular formula is C105H108Hf2N4-4. The normalized spacial score (nSPS) is 11.9. The fourth-order valence-corrected chi connectivity index (χ4v) is 11.2. The number of para-hydroxylation sites is 2. The van der Waals surface area contributed by atoms with Crippen LogP contribution in [0, 0.1) is 48.5 Å². The van der Waals surface area contributed by atoms with Gasteiger partial charge in [-0.25, -0.2) is 0 Å². The quantitative estimate of drug-likeness (QED) is 0.0658. The van der Waals surface area contributed by atoms with E-state index in [1.807, 2.05) is 212 Å². The van der Waals surface area contributed by atoms with E-state index in [1.165, 1.54) is 64.1 Å². The second-order valence-corrected chi connectivity index (χ2v) is 25.9. The molecule has 13 aromatic rings. The van der Waals surface area contributed by atoms with Crippen molar-refractivity contribution < 1.29 is 51.7 Å². The Labute approximate surface area is 705 Å². The maximum absolute atomic E-state index is 5.26. The van der Waals surface area contributed by atoms with Gasteiger partial charge in [-0.05, 0) is 84.7 Å². The van der Waals surface area contributed by atoms with E-state index in [2.05, 4.69) is 238 Å². The molecule has 0 radical (unpaired) electrons. The standard InChI is InChI=1S/C28H30N2.C28H29N2.7C7H7.2Hf/c2*1-2-3-21-29-26-19-10-11-20-27(26)30-28-24(22-13-6-4-7-14-22)17-12-18-25(28)23-15-8-5-9-16-23;7*1-7-5-3-2-4-6-7;;/h4-9,12-18,20,30H,2-3,10-11,19,21H2,1H3;4-9,12-18,20H,2-3,10-11,19,21H2,1H3;7*2-6H,1H2;;/q;8*-1;;+4. The Kier molecular flexibility index (Phi) is 45.4. The summed E-state index contributed by atoms with van der Waals surface area (Å²) in [4.78, 5) is 9.85. The van der Waals surface area contributed by atoms with Gasteiger partial charge in [-0.15, -0.1) is 96.3 Å². The van der Waals surface area contributed by atoms with Gasteiger partial charge in [0.1, 0.15) is 0 Å². The molecular weight excluding hydrogens is 1670 g/mol. The number of allylic oxidation sites excluding steroid dienone is 4. The van der Waals surface area contributed by atoms with E-state index in [0.29, 0.717) is 0 Å². The third-order valence-electron chi connectivity index (χ3n) is 17.0. The third-order valence-corrected chi connectivity index (χ3v) is 17.0. The van der Waals surface area contributed by atoms with Gasteiger partial charge >= 0.3 is 25.8 Å². The largest absolute Gasteiger partial charge is 4.00 e. The topological polar surface area (TPSA) is 50.9 Å². The van der Waals surface area contributed by atoms with Gasteiger partial charge < -0.3 is 10.6 Å². The van der Waals surface area contributed by atoms with Gasteiger partial charge in [0, 0.05) is 55.8 Å².